The number of hydrogen-bond donors (Lipinski definition) is 1. The van der Waals surface area contributed by atoms with E-state index in [9.17, 15) is 9.50 Å². The van der Waals surface area contributed by atoms with Crippen LogP contribution in [0.1, 0.15) is 38.4 Å². The summed E-state index contributed by atoms with van der Waals surface area (Å²) in [6.45, 7) is 9.13. The molecule has 0 aliphatic rings. The number of nitrogens with zero attached hydrogens (tertiary/aromatic N) is 2. The molecule has 132 valence electrons. The van der Waals surface area contributed by atoms with Crippen molar-refractivity contribution in [3.8, 4) is 0 Å². The molecule has 4 heteroatoms. The van der Waals surface area contributed by atoms with Gasteiger partial charge in [0.15, 0.2) is 0 Å². The maximum atomic E-state index is 13.9. The second-order valence-electron chi connectivity index (χ2n) is 6.99. The van der Waals surface area contributed by atoms with E-state index < -0.39 is 0 Å². The molecular formula is C20H29FN2O. The third-order valence-corrected chi connectivity index (χ3v) is 4.15. The van der Waals surface area contributed by atoms with Crippen molar-refractivity contribution in [3.63, 3.8) is 0 Å². The van der Waals surface area contributed by atoms with E-state index in [4.69, 9.17) is 0 Å². The molecule has 3 nitrogen and oxygen atoms in total. The predicted octanol–water partition coefficient (Wildman–Crippen LogP) is 3.90. The Hall–Kier alpha value is -1.65. The van der Waals surface area contributed by atoms with Gasteiger partial charge in [0.2, 0.25) is 0 Å². The smallest absolute Gasteiger partial charge is 0.128 e. The Labute approximate surface area is 144 Å². The third-order valence-electron chi connectivity index (χ3n) is 4.15. The highest BCUT2D eigenvalue weighted by atomic mass is 19.1. The van der Waals surface area contributed by atoms with Crippen LogP contribution in [-0.2, 0) is 13.1 Å². The van der Waals surface area contributed by atoms with Crippen LogP contribution < -0.4 is 0 Å². The summed E-state index contributed by atoms with van der Waals surface area (Å²) in [6.07, 6.45) is 2.73. The van der Waals surface area contributed by atoms with Gasteiger partial charge in [0.05, 0.1) is 12.6 Å². The van der Waals surface area contributed by atoms with Crippen molar-refractivity contribution in [1.29, 1.82) is 0 Å². The van der Waals surface area contributed by atoms with E-state index in [1.54, 1.807) is 6.07 Å². The Bertz CT molecular complexity index is 622. The van der Waals surface area contributed by atoms with Gasteiger partial charge in [0.25, 0.3) is 0 Å². The maximum Gasteiger partial charge on any atom is 0.128 e. The third kappa shape index (κ3) is 5.77. The topological polar surface area (TPSA) is 28.4 Å². The molecule has 2 rings (SSSR count). The highest BCUT2D eigenvalue weighted by Crippen LogP contribution is 2.14. The number of aliphatic hydroxyl groups is 1. The van der Waals surface area contributed by atoms with E-state index in [0.29, 0.717) is 24.6 Å². The number of aromatic nitrogens is 1. The first-order valence-corrected chi connectivity index (χ1v) is 8.73. The van der Waals surface area contributed by atoms with Crippen LogP contribution >= 0.6 is 0 Å². The zero-order chi connectivity index (χ0) is 17.5. The molecule has 0 radical (unpaired) electrons. The van der Waals surface area contributed by atoms with Crippen molar-refractivity contribution in [2.75, 3.05) is 13.1 Å². The zero-order valence-corrected chi connectivity index (χ0v) is 15.0. The van der Waals surface area contributed by atoms with Crippen LogP contribution in [0.25, 0.3) is 0 Å². The molecule has 1 N–H and O–H groups in total. The van der Waals surface area contributed by atoms with Crippen LogP contribution in [-0.4, -0.2) is 33.8 Å². The maximum absolute atomic E-state index is 13.9. The van der Waals surface area contributed by atoms with Crippen LogP contribution in [0.2, 0.25) is 0 Å². The molecule has 0 unspecified atom stereocenters. The molecule has 0 saturated carbocycles. The number of hydrogen-bond acceptors (Lipinski definition) is 2. The molecule has 1 aromatic carbocycles. The lowest BCUT2D eigenvalue weighted by Crippen LogP contribution is -2.32. The van der Waals surface area contributed by atoms with Crippen molar-refractivity contribution >= 4 is 0 Å². The van der Waals surface area contributed by atoms with Crippen LogP contribution in [0.4, 0.5) is 4.39 Å². The normalized spacial score (nSPS) is 13.0. The summed E-state index contributed by atoms with van der Waals surface area (Å²) in [4.78, 5) is 2.28. The minimum atomic E-state index is -0.354. The molecular weight excluding hydrogens is 303 g/mol. The molecule has 1 heterocycles. The van der Waals surface area contributed by atoms with Gasteiger partial charge in [-0.05, 0) is 44.0 Å². The van der Waals surface area contributed by atoms with Gasteiger partial charge in [-0.25, -0.2) is 4.39 Å². The Morgan fingerprint density at radius 1 is 1.12 bits per heavy atom. The summed E-state index contributed by atoms with van der Waals surface area (Å²) in [7, 11) is 0. The predicted molar refractivity (Wildman–Crippen MR) is 96.3 cm³/mol. The minimum absolute atomic E-state index is 0.169. The molecule has 0 saturated heterocycles. The lowest BCUT2D eigenvalue weighted by molar-refractivity contribution is 0.117. The van der Waals surface area contributed by atoms with Gasteiger partial charge in [-0.15, -0.1) is 0 Å². The van der Waals surface area contributed by atoms with E-state index in [0.717, 1.165) is 25.2 Å². The first-order chi connectivity index (χ1) is 11.5. The van der Waals surface area contributed by atoms with Gasteiger partial charge < -0.3 is 9.67 Å². The summed E-state index contributed by atoms with van der Waals surface area (Å²) in [5, 5.41) is 9.76. The fourth-order valence-corrected chi connectivity index (χ4v) is 2.84. The molecule has 1 aromatic heterocycles. The van der Waals surface area contributed by atoms with Crippen molar-refractivity contribution in [3.05, 3.63) is 59.7 Å². The van der Waals surface area contributed by atoms with Crippen molar-refractivity contribution in [2.24, 2.45) is 5.92 Å². The quantitative estimate of drug-likeness (QED) is 0.754. The second-order valence-corrected chi connectivity index (χ2v) is 6.99. The first kappa shape index (κ1) is 18.7. The van der Waals surface area contributed by atoms with Crippen LogP contribution in [0.5, 0.6) is 0 Å². The summed E-state index contributed by atoms with van der Waals surface area (Å²) < 4.78 is 16.0. The van der Waals surface area contributed by atoms with Crippen molar-refractivity contribution in [1.82, 2.24) is 9.47 Å². The lowest BCUT2D eigenvalue weighted by atomic mass is 10.1. The molecule has 0 spiro atoms. The Kier molecular flexibility index (Phi) is 7.00. The second kappa shape index (κ2) is 9.00. The van der Waals surface area contributed by atoms with Crippen LogP contribution in [0.3, 0.4) is 0 Å². The number of benzene rings is 1. The Morgan fingerprint density at radius 3 is 2.54 bits per heavy atom. The van der Waals surface area contributed by atoms with Crippen molar-refractivity contribution in [2.45, 2.75) is 46.4 Å². The highest BCUT2D eigenvalue weighted by molar-refractivity contribution is 5.19. The van der Waals surface area contributed by atoms with Gasteiger partial charge in [0, 0.05) is 30.5 Å². The molecule has 2 aromatic rings. The first-order valence-electron chi connectivity index (χ1n) is 8.73. The van der Waals surface area contributed by atoms with Gasteiger partial charge >= 0.3 is 0 Å². The summed E-state index contributed by atoms with van der Waals surface area (Å²) in [5.74, 6) is 0.462. The molecule has 0 amide bonds. The van der Waals surface area contributed by atoms with E-state index in [2.05, 4.69) is 29.4 Å². The number of aliphatic hydroxyl groups excluding tert-OH is 1. The zero-order valence-electron chi connectivity index (χ0n) is 15.0. The van der Waals surface area contributed by atoms with Gasteiger partial charge in [-0.2, -0.15) is 0 Å². The average Bonchev–Trinajstić information content (AvgIpc) is 2.93. The molecule has 0 fully saturated rings. The lowest BCUT2D eigenvalue weighted by Gasteiger charge is -2.25. The largest absolute Gasteiger partial charge is 0.392 e. The van der Waals surface area contributed by atoms with Crippen LogP contribution in [0, 0.1) is 11.7 Å². The molecule has 24 heavy (non-hydrogen) atoms. The highest BCUT2D eigenvalue weighted by Gasteiger charge is 2.13. The summed E-state index contributed by atoms with van der Waals surface area (Å²) in [6, 6.07) is 11.0. The van der Waals surface area contributed by atoms with Crippen molar-refractivity contribution < 1.29 is 9.50 Å². The van der Waals surface area contributed by atoms with Gasteiger partial charge in [-0.1, -0.05) is 32.0 Å². The van der Waals surface area contributed by atoms with E-state index in [-0.39, 0.29) is 11.9 Å². The van der Waals surface area contributed by atoms with E-state index in [1.807, 2.05) is 31.3 Å². The monoisotopic (exact) mass is 332 g/mol. The fourth-order valence-electron chi connectivity index (χ4n) is 2.84. The molecule has 0 aliphatic carbocycles. The standard InChI is InChI=1S/C20H29FN2O/c1-16(2)10-12-22(13-17(3)24)15-19-8-6-11-23(19)14-18-7-4-5-9-20(18)21/h4-9,11,16-17,24H,10,12-15H2,1-3H3/t17-/m1/s1. The molecule has 0 bridgehead atoms. The van der Waals surface area contributed by atoms with Gasteiger partial charge in [0.1, 0.15) is 5.82 Å². The minimum Gasteiger partial charge on any atom is -0.392 e. The molecule has 0 aliphatic heterocycles. The average molecular weight is 332 g/mol. The Morgan fingerprint density at radius 2 is 1.88 bits per heavy atom. The van der Waals surface area contributed by atoms with Gasteiger partial charge in [-0.3, -0.25) is 4.90 Å². The summed E-state index contributed by atoms with van der Waals surface area (Å²) >= 11 is 0. The number of rotatable bonds is 9. The summed E-state index contributed by atoms with van der Waals surface area (Å²) in [5.41, 5.74) is 1.84. The molecule has 1 atom stereocenters. The van der Waals surface area contributed by atoms with Crippen LogP contribution in [0.15, 0.2) is 42.6 Å². The Balaban J connectivity index is 2.08. The number of halogens is 1. The van der Waals surface area contributed by atoms with E-state index in [1.165, 1.54) is 6.07 Å². The van der Waals surface area contributed by atoms with E-state index >= 15 is 0 Å². The fraction of sp³-hybridized carbons (Fsp3) is 0.500. The SMILES string of the molecule is CC(C)CCN(Cc1cccn1Cc1ccccc1F)C[C@@H](C)O.